The Labute approximate surface area is 157 Å². The van der Waals surface area contributed by atoms with E-state index in [1.807, 2.05) is 25.1 Å². The van der Waals surface area contributed by atoms with Crippen molar-refractivity contribution in [2.45, 2.75) is 6.92 Å². The number of carbonyl (C=O) groups excluding carboxylic acids is 1. The van der Waals surface area contributed by atoms with E-state index in [2.05, 4.69) is 5.32 Å². The number of aromatic carboxylic acids is 1. The number of carboxylic acid groups (broad SMARTS) is 1. The van der Waals surface area contributed by atoms with Gasteiger partial charge in [0.1, 0.15) is 5.75 Å². The first-order valence-electron chi connectivity index (χ1n) is 8.38. The molecule has 0 saturated heterocycles. The molecule has 0 aliphatic heterocycles. The normalized spacial score (nSPS) is 10.3. The molecule has 0 saturated carbocycles. The minimum absolute atomic E-state index is 0.237. The Hall–Kier alpha value is -3.60. The van der Waals surface area contributed by atoms with Crippen LogP contribution in [0.5, 0.6) is 5.75 Å². The summed E-state index contributed by atoms with van der Waals surface area (Å²) in [5.74, 6) is -0.712. The number of amides is 1. The van der Waals surface area contributed by atoms with Crippen LogP contribution >= 0.6 is 0 Å². The van der Waals surface area contributed by atoms with Gasteiger partial charge in [-0.1, -0.05) is 30.3 Å². The Morgan fingerprint density at radius 2 is 1.74 bits per heavy atom. The van der Waals surface area contributed by atoms with Crippen molar-refractivity contribution < 1.29 is 19.4 Å². The van der Waals surface area contributed by atoms with Crippen LogP contribution in [-0.2, 0) is 0 Å². The van der Waals surface area contributed by atoms with Gasteiger partial charge in [-0.25, -0.2) is 4.79 Å². The summed E-state index contributed by atoms with van der Waals surface area (Å²) in [4.78, 5) is 23.7. The summed E-state index contributed by atoms with van der Waals surface area (Å²) in [5.41, 5.74) is 4.00. The third-order valence-electron chi connectivity index (χ3n) is 4.26. The highest BCUT2D eigenvalue weighted by atomic mass is 16.5. The van der Waals surface area contributed by atoms with Gasteiger partial charge in [0.25, 0.3) is 5.91 Å². The Balaban J connectivity index is 1.86. The number of anilines is 1. The zero-order valence-electron chi connectivity index (χ0n) is 15.0. The first-order valence-corrected chi connectivity index (χ1v) is 8.38. The number of hydrogen-bond acceptors (Lipinski definition) is 3. The third-order valence-corrected chi connectivity index (χ3v) is 4.26. The molecule has 2 N–H and O–H groups in total. The van der Waals surface area contributed by atoms with E-state index < -0.39 is 5.97 Å². The predicted molar refractivity (Wildman–Crippen MR) is 105 cm³/mol. The zero-order valence-corrected chi connectivity index (χ0v) is 15.0. The van der Waals surface area contributed by atoms with Crippen molar-refractivity contribution in [1.29, 1.82) is 0 Å². The minimum Gasteiger partial charge on any atom is -0.496 e. The van der Waals surface area contributed by atoms with Gasteiger partial charge < -0.3 is 15.2 Å². The Morgan fingerprint density at radius 1 is 0.963 bits per heavy atom. The Kier molecular flexibility index (Phi) is 5.22. The van der Waals surface area contributed by atoms with Crippen LogP contribution in [0.1, 0.15) is 26.3 Å². The molecule has 0 aromatic heterocycles. The number of aryl methyl sites for hydroxylation is 1. The highest BCUT2D eigenvalue weighted by molar-refractivity contribution is 6.06. The fraction of sp³-hybridized carbons (Fsp3) is 0.0909. The molecule has 0 unspecified atom stereocenters. The molecule has 0 fully saturated rings. The molecule has 0 radical (unpaired) electrons. The molecule has 3 aromatic carbocycles. The summed E-state index contributed by atoms with van der Waals surface area (Å²) >= 11 is 0. The molecular weight excluding hydrogens is 342 g/mol. The average molecular weight is 361 g/mol. The monoisotopic (exact) mass is 361 g/mol. The highest BCUT2D eigenvalue weighted by Crippen LogP contribution is 2.27. The predicted octanol–water partition coefficient (Wildman–Crippen LogP) is 4.62. The van der Waals surface area contributed by atoms with E-state index in [1.54, 1.807) is 48.5 Å². The van der Waals surface area contributed by atoms with Crippen LogP contribution in [-0.4, -0.2) is 24.1 Å². The van der Waals surface area contributed by atoms with Crippen molar-refractivity contribution in [2.75, 3.05) is 12.4 Å². The fourth-order valence-corrected chi connectivity index (χ4v) is 2.92. The molecule has 0 aliphatic rings. The lowest BCUT2D eigenvalue weighted by Crippen LogP contribution is -2.13. The molecule has 0 bridgehead atoms. The molecule has 0 heterocycles. The number of nitrogens with one attached hydrogen (secondary N) is 1. The number of carboxylic acids is 1. The summed E-state index contributed by atoms with van der Waals surface area (Å²) in [6.07, 6.45) is 0. The molecule has 3 aromatic rings. The molecule has 5 nitrogen and oxygen atoms in total. The standard InChI is InChI=1S/C22H19NO4/c1-14-12-17(23-21(24)19-8-3-4-9-20(19)27-2)10-11-18(14)15-6-5-7-16(13-15)22(25)26/h3-13H,1-2H3,(H,23,24)(H,25,26). The summed E-state index contributed by atoms with van der Waals surface area (Å²) in [5, 5.41) is 12.0. The van der Waals surface area contributed by atoms with Crippen LogP contribution in [0.3, 0.4) is 0 Å². The van der Waals surface area contributed by atoms with Crippen molar-refractivity contribution in [3.8, 4) is 16.9 Å². The molecule has 0 aliphatic carbocycles. The number of hydrogen-bond donors (Lipinski definition) is 2. The smallest absolute Gasteiger partial charge is 0.335 e. The van der Waals surface area contributed by atoms with E-state index in [1.165, 1.54) is 7.11 Å². The van der Waals surface area contributed by atoms with Crippen LogP contribution in [0.25, 0.3) is 11.1 Å². The zero-order chi connectivity index (χ0) is 19.4. The second kappa shape index (κ2) is 7.74. The van der Waals surface area contributed by atoms with Gasteiger partial charge in [0.05, 0.1) is 18.2 Å². The second-order valence-electron chi connectivity index (χ2n) is 6.07. The summed E-state index contributed by atoms with van der Waals surface area (Å²) in [7, 11) is 1.52. The number of benzene rings is 3. The molecule has 3 rings (SSSR count). The summed E-state index contributed by atoms with van der Waals surface area (Å²) in [6, 6.07) is 19.3. The van der Waals surface area contributed by atoms with E-state index in [0.717, 1.165) is 16.7 Å². The van der Waals surface area contributed by atoms with Crippen molar-refractivity contribution in [3.05, 3.63) is 83.4 Å². The lowest BCUT2D eigenvalue weighted by molar-refractivity contribution is 0.0696. The number of para-hydroxylation sites is 1. The van der Waals surface area contributed by atoms with Crippen LogP contribution in [0.15, 0.2) is 66.7 Å². The Bertz CT molecular complexity index is 1010. The van der Waals surface area contributed by atoms with Crippen molar-refractivity contribution >= 4 is 17.6 Å². The van der Waals surface area contributed by atoms with Crippen LogP contribution in [0.4, 0.5) is 5.69 Å². The van der Waals surface area contributed by atoms with Crippen molar-refractivity contribution in [2.24, 2.45) is 0 Å². The summed E-state index contributed by atoms with van der Waals surface area (Å²) in [6.45, 7) is 1.92. The molecule has 1 amide bonds. The quantitative estimate of drug-likeness (QED) is 0.695. The molecular formula is C22H19NO4. The van der Waals surface area contributed by atoms with Crippen LogP contribution in [0, 0.1) is 6.92 Å². The van der Waals surface area contributed by atoms with Crippen molar-refractivity contribution in [1.82, 2.24) is 0 Å². The number of methoxy groups -OCH3 is 1. The number of carbonyl (C=O) groups is 2. The number of ether oxygens (including phenoxy) is 1. The third kappa shape index (κ3) is 3.98. The van der Waals surface area contributed by atoms with Gasteiger partial charge in [0, 0.05) is 5.69 Å². The van der Waals surface area contributed by atoms with Gasteiger partial charge in [-0.3, -0.25) is 4.79 Å². The summed E-state index contributed by atoms with van der Waals surface area (Å²) < 4.78 is 5.23. The van der Waals surface area contributed by atoms with E-state index in [9.17, 15) is 9.59 Å². The average Bonchev–Trinajstić information content (AvgIpc) is 2.68. The highest BCUT2D eigenvalue weighted by Gasteiger charge is 2.13. The maximum atomic E-state index is 12.5. The lowest BCUT2D eigenvalue weighted by atomic mass is 9.98. The first-order chi connectivity index (χ1) is 13.0. The topological polar surface area (TPSA) is 75.6 Å². The molecule has 0 spiro atoms. The lowest BCUT2D eigenvalue weighted by Gasteiger charge is -2.12. The van der Waals surface area contributed by atoms with Gasteiger partial charge >= 0.3 is 5.97 Å². The Morgan fingerprint density at radius 3 is 2.44 bits per heavy atom. The minimum atomic E-state index is -0.963. The van der Waals surface area contributed by atoms with Crippen LogP contribution in [0.2, 0.25) is 0 Å². The first kappa shape index (κ1) is 18.2. The maximum Gasteiger partial charge on any atom is 0.335 e. The fourth-order valence-electron chi connectivity index (χ4n) is 2.92. The van der Waals surface area contributed by atoms with E-state index >= 15 is 0 Å². The van der Waals surface area contributed by atoms with Gasteiger partial charge in [-0.05, 0) is 60.0 Å². The molecule has 5 heteroatoms. The van der Waals surface area contributed by atoms with Gasteiger partial charge in [-0.15, -0.1) is 0 Å². The van der Waals surface area contributed by atoms with Gasteiger partial charge in [0.2, 0.25) is 0 Å². The van der Waals surface area contributed by atoms with Gasteiger partial charge in [0.15, 0.2) is 0 Å². The van der Waals surface area contributed by atoms with E-state index in [4.69, 9.17) is 9.84 Å². The van der Waals surface area contributed by atoms with E-state index in [0.29, 0.717) is 17.0 Å². The van der Waals surface area contributed by atoms with Crippen LogP contribution < -0.4 is 10.1 Å². The largest absolute Gasteiger partial charge is 0.496 e. The number of rotatable bonds is 5. The SMILES string of the molecule is COc1ccccc1C(=O)Nc1ccc(-c2cccc(C(=O)O)c2)c(C)c1. The van der Waals surface area contributed by atoms with E-state index in [-0.39, 0.29) is 11.5 Å². The van der Waals surface area contributed by atoms with Crippen molar-refractivity contribution in [3.63, 3.8) is 0 Å². The molecule has 27 heavy (non-hydrogen) atoms. The van der Waals surface area contributed by atoms with Gasteiger partial charge in [-0.2, -0.15) is 0 Å². The molecule has 0 atom stereocenters. The second-order valence-corrected chi connectivity index (χ2v) is 6.07. The molecule has 136 valence electrons. The maximum absolute atomic E-state index is 12.5.